The van der Waals surface area contributed by atoms with Gasteiger partial charge >= 0.3 is 0 Å². The third-order valence-electron chi connectivity index (χ3n) is 3.57. The monoisotopic (exact) mass is 347 g/mol. The fraction of sp³-hybridized carbons (Fsp3) is 0.353. The molecule has 25 heavy (non-hydrogen) atoms. The number of carbonyl (C=O) groups is 3. The maximum atomic E-state index is 12.3. The van der Waals surface area contributed by atoms with Gasteiger partial charge in [0.25, 0.3) is 17.7 Å². The van der Waals surface area contributed by atoms with Crippen LogP contribution in [-0.4, -0.2) is 23.8 Å². The van der Waals surface area contributed by atoms with Gasteiger partial charge in [-0.25, -0.2) is 0 Å². The number of hydrogen-bond donors (Lipinski definition) is 3. The molecule has 0 spiro atoms. The summed E-state index contributed by atoms with van der Waals surface area (Å²) in [6.07, 6.45) is 1.37. The molecule has 3 N–H and O–H groups in total. The Labute approximate surface area is 144 Å². The lowest BCUT2D eigenvalue weighted by atomic mass is 10.0. The Kier molecular flexibility index (Phi) is 5.63. The van der Waals surface area contributed by atoms with Crippen LogP contribution < -0.4 is 16.2 Å². The first-order valence-electron chi connectivity index (χ1n) is 7.81. The third-order valence-corrected chi connectivity index (χ3v) is 3.57. The fourth-order valence-electron chi connectivity index (χ4n) is 2.27. The van der Waals surface area contributed by atoms with Crippen molar-refractivity contribution in [1.29, 1.82) is 0 Å². The smallest absolute Gasteiger partial charge is 0.287 e. The van der Waals surface area contributed by atoms with Crippen molar-refractivity contribution in [2.75, 3.05) is 0 Å². The second-order valence-corrected chi connectivity index (χ2v) is 5.94. The number of amides is 3. The van der Waals surface area contributed by atoms with Gasteiger partial charge in [0, 0.05) is 0 Å². The normalized spacial score (nSPS) is 11.9. The maximum absolute atomic E-state index is 12.3. The minimum absolute atomic E-state index is 0.104. The molecule has 0 aliphatic rings. The van der Waals surface area contributed by atoms with Gasteiger partial charge in [0.1, 0.15) is 17.6 Å². The van der Waals surface area contributed by atoms with Crippen LogP contribution in [0, 0.1) is 19.8 Å². The Balaban J connectivity index is 1.97. The van der Waals surface area contributed by atoms with E-state index in [1.165, 1.54) is 12.3 Å². The highest BCUT2D eigenvalue weighted by Crippen LogP contribution is 2.13. The molecular formula is C17H21N3O5. The van der Waals surface area contributed by atoms with E-state index in [0.29, 0.717) is 17.1 Å². The molecule has 8 heteroatoms. The number of furan rings is 2. The minimum atomic E-state index is -0.843. The van der Waals surface area contributed by atoms with Crippen molar-refractivity contribution in [1.82, 2.24) is 16.2 Å². The van der Waals surface area contributed by atoms with Crippen LogP contribution in [0.25, 0.3) is 0 Å². The molecule has 8 nitrogen and oxygen atoms in total. The zero-order valence-corrected chi connectivity index (χ0v) is 14.5. The number of nitrogens with one attached hydrogen (secondary N) is 3. The zero-order valence-electron chi connectivity index (χ0n) is 14.5. The van der Waals surface area contributed by atoms with Crippen molar-refractivity contribution in [3.8, 4) is 0 Å². The summed E-state index contributed by atoms with van der Waals surface area (Å²) in [6, 6.07) is 3.81. The molecule has 1 unspecified atom stereocenters. The van der Waals surface area contributed by atoms with Crippen LogP contribution in [0.4, 0.5) is 0 Å². The van der Waals surface area contributed by atoms with Crippen LogP contribution in [-0.2, 0) is 4.79 Å². The quantitative estimate of drug-likeness (QED) is 0.713. The Morgan fingerprint density at radius 1 is 1.08 bits per heavy atom. The molecule has 134 valence electrons. The van der Waals surface area contributed by atoms with Crippen LogP contribution in [0.15, 0.2) is 33.3 Å². The van der Waals surface area contributed by atoms with Gasteiger partial charge in [-0.05, 0) is 38.0 Å². The van der Waals surface area contributed by atoms with E-state index in [1.807, 2.05) is 0 Å². The third kappa shape index (κ3) is 4.50. The Morgan fingerprint density at radius 3 is 2.32 bits per heavy atom. The summed E-state index contributed by atoms with van der Waals surface area (Å²) in [5, 5.41) is 2.58. The standard InChI is InChI=1S/C17H21N3O5/c1-9(2)14(18-16(22)13-6-5-7-24-13)17(23)20-19-15(21)12-8-10(3)25-11(12)4/h5-9,14H,1-4H3,(H,18,22)(H,19,21)(H,20,23). The summed E-state index contributed by atoms with van der Waals surface area (Å²) in [5.74, 6) is -0.591. The highest BCUT2D eigenvalue weighted by atomic mass is 16.3. The number of rotatable bonds is 5. The Morgan fingerprint density at radius 2 is 1.80 bits per heavy atom. The first-order valence-corrected chi connectivity index (χ1v) is 7.81. The van der Waals surface area contributed by atoms with Crippen molar-refractivity contribution in [3.05, 3.63) is 47.3 Å². The number of carbonyl (C=O) groups excluding carboxylic acids is 3. The molecule has 3 amide bonds. The topological polar surface area (TPSA) is 114 Å². The Hall–Kier alpha value is -3.03. The average molecular weight is 347 g/mol. The van der Waals surface area contributed by atoms with E-state index in [0.717, 1.165) is 0 Å². The fourth-order valence-corrected chi connectivity index (χ4v) is 2.27. The van der Waals surface area contributed by atoms with Crippen molar-refractivity contribution in [2.45, 2.75) is 33.7 Å². The van der Waals surface area contributed by atoms with E-state index in [4.69, 9.17) is 8.83 Å². The number of hydrazine groups is 1. The Bertz CT molecular complexity index is 761. The lowest BCUT2D eigenvalue weighted by Gasteiger charge is -2.21. The zero-order chi connectivity index (χ0) is 18.6. The van der Waals surface area contributed by atoms with Crippen molar-refractivity contribution in [3.63, 3.8) is 0 Å². The molecule has 0 fully saturated rings. The number of aryl methyl sites for hydroxylation is 2. The van der Waals surface area contributed by atoms with E-state index in [9.17, 15) is 14.4 Å². The van der Waals surface area contributed by atoms with E-state index in [-0.39, 0.29) is 11.7 Å². The second kappa shape index (κ2) is 7.69. The largest absolute Gasteiger partial charge is 0.466 e. The lowest BCUT2D eigenvalue weighted by Crippen LogP contribution is -2.54. The van der Waals surface area contributed by atoms with Gasteiger partial charge < -0.3 is 14.2 Å². The molecule has 0 aliphatic carbocycles. The van der Waals surface area contributed by atoms with Gasteiger partial charge in [0.05, 0.1) is 11.8 Å². The summed E-state index contributed by atoms with van der Waals surface area (Å²) in [7, 11) is 0. The van der Waals surface area contributed by atoms with Crippen LogP contribution in [0.5, 0.6) is 0 Å². The summed E-state index contributed by atoms with van der Waals surface area (Å²) >= 11 is 0. The van der Waals surface area contributed by atoms with Gasteiger partial charge in [-0.15, -0.1) is 0 Å². The van der Waals surface area contributed by atoms with Gasteiger partial charge in [-0.3, -0.25) is 25.2 Å². The summed E-state index contributed by atoms with van der Waals surface area (Å²) in [6.45, 7) is 6.93. The molecule has 0 radical (unpaired) electrons. The first-order chi connectivity index (χ1) is 11.8. The molecule has 2 aromatic rings. The molecular weight excluding hydrogens is 326 g/mol. The van der Waals surface area contributed by atoms with E-state index in [1.54, 1.807) is 39.8 Å². The lowest BCUT2D eigenvalue weighted by molar-refractivity contribution is -0.124. The molecule has 0 bridgehead atoms. The number of hydrogen-bond acceptors (Lipinski definition) is 5. The van der Waals surface area contributed by atoms with Gasteiger partial charge in [0.2, 0.25) is 0 Å². The second-order valence-electron chi connectivity index (χ2n) is 5.94. The predicted octanol–water partition coefficient (Wildman–Crippen LogP) is 1.71. The van der Waals surface area contributed by atoms with Crippen LogP contribution in [0.3, 0.4) is 0 Å². The van der Waals surface area contributed by atoms with Crippen LogP contribution >= 0.6 is 0 Å². The average Bonchev–Trinajstić information content (AvgIpc) is 3.19. The van der Waals surface area contributed by atoms with Gasteiger partial charge in [-0.2, -0.15) is 0 Å². The minimum Gasteiger partial charge on any atom is -0.466 e. The van der Waals surface area contributed by atoms with Gasteiger partial charge in [-0.1, -0.05) is 13.8 Å². The molecule has 2 rings (SSSR count). The van der Waals surface area contributed by atoms with E-state index < -0.39 is 23.8 Å². The highest BCUT2D eigenvalue weighted by Gasteiger charge is 2.26. The van der Waals surface area contributed by atoms with Crippen LogP contribution in [0.1, 0.15) is 46.3 Å². The SMILES string of the molecule is Cc1cc(C(=O)NNC(=O)C(NC(=O)c2ccco2)C(C)C)c(C)o1. The molecule has 2 aromatic heterocycles. The molecule has 1 atom stereocenters. The summed E-state index contributed by atoms with van der Waals surface area (Å²) in [5.41, 5.74) is 4.98. The van der Waals surface area contributed by atoms with Crippen molar-refractivity contribution < 1.29 is 23.2 Å². The first kappa shape index (κ1) is 18.3. The summed E-state index contributed by atoms with van der Waals surface area (Å²) in [4.78, 5) is 36.5. The molecule has 0 aromatic carbocycles. The van der Waals surface area contributed by atoms with E-state index in [2.05, 4.69) is 16.2 Å². The maximum Gasteiger partial charge on any atom is 0.287 e. The predicted molar refractivity (Wildman–Crippen MR) is 88.6 cm³/mol. The molecule has 2 heterocycles. The molecule has 0 aliphatic heterocycles. The summed E-state index contributed by atoms with van der Waals surface area (Å²) < 4.78 is 10.3. The molecule has 0 saturated carbocycles. The van der Waals surface area contributed by atoms with Crippen molar-refractivity contribution in [2.24, 2.45) is 5.92 Å². The van der Waals surface area contributed by atoms with E-state index >= 15 is 0 Å². The van der Waals surface area contributed by atoms with Crippen LogP contribution in [0.2, 0.25) is 0 Å². The molecule has 0 saturated heterocycles. The van der Waals surface area contributed by atoms with Gasteiger partial charge in [0.15, 0.2) is 5.76 Å². The highest BCUT2D eigenvalue weighted by molar-refractivity contribution is 5.98. The van der Waals surface area contributed by atoms with Crippen molar-refractivity contribution >= 4 is 17.7 Å².